The monoisotopic (exact) mass is 323 g/mol. The predicted octanol–water partition coefficient (Wildman–Crippen LogP) is 0.975. The van der Waals surface area contributed by atoms with E-state index in [1.54, 1.807) is 24.7 Å². The van der Waals surface area contributed by atoms with Gasteiger partial charge in [-0.05, 0) is 18.9 Å². The van der Waals surface area contributed by atoms with Gasteiger partial charge in [0.2, 0.25) is 0 Å². The summed E-state index contributed by atoms with van der Waals surface area (Å²) in [7, 11) is 0. The number of hydrogen-bond acceptors (Lipinski definition) is 5. The number of carbonyl (C=O) groups excluding carboxylic acids is 1. The fourth-order valence-electron chi connectivity index (χ4n) is 2.83. The van der Waals surface area contributed by atoms with Gasteiger partial charge in [-0.15, -0.1) is 0 Å². The van der Waals surface area contributed by atoms with Crippen molar-refractivity contribution in [3.8, 4) is 17.2 Å². The summed E-state index contributed by atoms with van der Waals surface area (Å²) in [6, 6.07) is 3.60. The third kappa shape index (κ3) is 2.34. The lowest BCUT2D eigenvalue weighted by atomic mass is 9.81. The van der Waals surface area contributed by atoms with Gasteiger partial charge in [0.1, 0.15) is 0 Å². The Morgan fingerprint density at radius 3 is 3.04 bits per heavy atom. The normalized spacial score (nSPS) is 19.6. The number of aromatic nitrogens is 5. The highest BCUT2D eigenvalue weighted by atomic mass is 16.2. The van der Waals surface area contributed by atoms with Gasteiger partial charge >= 0.3 is 11.7 Å². The molecule has 120 valence electrons. The fraction of sp³-hybridized carbons (Fsp3) is 0.267. The minimum Gasteiger partial charge on any atom is -0.333 e. The third-order valence-electron chi connectivity index (χ3n) is 4.17. The lowest BCUT2D eigenvalue weighted by molar-refractivity contribution is 0.218. The minimum absolute atomic E-state index is 0.0171. The Morgan fingerprint density at radius 1 is 1.42 bits per heavy atom. The number of nitrogens with zero attached hydrogens (tertiary/aromatic N) is 4. The molecule has 0 unspecified atom stereocenters. The fourth-order valence-corrected chi connectivity index (χ4v) is 2.83. The van der Waals surface area contributed by atoms with Gasteiger partial charge in [-0.2, -0.15) is 15.0 Å². The van der Waals surface area contributed by atoms with Crippen molar-refractivity contribution in [2.75, 3.05) is 0 Å². The molecule has 9 heteroatoms. The molecule has 0 bridgehead atoms. The van der Waals surface area contributed by atoms with Gasteiger partial charge in [0, 0.05) is 29.6 Å². The molecular formula is C15H13N7O2. The van der Waals surface area contributed by atoms with E-state index in [1.165, 1.54) is 4.68 Å². The lowest BCUT2D eigenvalue weighted by Gasteiger charge is -2.30. The number of pyridine rings is 1. The molecule has 9 nitrogen and oxygen atoms in total. The largest absolute Gasteiger partial charge is 0.342 e. The zero-order chi connectivity index (χ0) is 16.7. The second-order valence-electron chi connectivity index (χ2n) is 5.78. The summed E-state index contributed by atoms with van der Waals surface area (Å²) in [5, 5.41) is 15.7. The van der Waals surface area contributed by atoms with Crippen LogP contribution in [0.15, 0.2) is 29.5 Å². The van der Waals surface area contributed by atoms with Crippen molar-refractivity contribution in [2.45, 2.75) is 18.9 Å². The SMILES string of the molecule is N#CC1CC(NC(=O)n2cc(-c3ccnc4[nH]c(=O)[nH]c34)cn2)C1. The summed E-state index contributed by atoms with van der Waals surface area (Å²) in [4.78, 5) is 33.0. The van der Waals surface area contributed by atoms with E-state index in [-0.39, 0.29) is 23.7 Å². The molecule has 3 aromatic rings. The number of carbonyl (C=O) groups is 1. The highest BCUT2D eigenvalue weighted by Gasteiger charge is 2.30. The van der Waals surface area contributed by atoms with Crippen molar-refractivity contribution in [1.82, 2.24) is 30.0 Å². The minimum atomic E-state index is -0.341. The van der Waals surface area contributed by atoms with E-state index in [0.29, 0.717) is 29.6 Å². The Kier molecular flexibility index (Phi) is 3.16. The Balaban J connectivity index is 1.57. The second kappa shape index (κ2) is 5.34. The van der Waals surface area contributed by atoms with Crippen LogP contribution in [0.5, 0.6) is 0 Å². The number of nitrogens with one attached hydrogen (secondary N) is 3. The van der Waals surface area contributed by atoms with Gasteiger partial charge in [0.05, 0.1) is 23.7 Å². The van der Waals surface area contributed by atoms with E-state index in [0.717, 1.165) is 5.56 Å². The molecule has 3 N–H and O–H groups in total. The molecule has 0 spiro atoms. The van der Waals surface area contributed by atoms with E-state index in [9.17, 15) is 9.59 Å². The Bertz CT molecular complexity index is 1020. The highest BCUT2D eigenvalue weighted by molar-refractivity contribution is 5.89. The van der Waals surface area contributed by atoms with Crippen LogP contribution in [0.1, 0.15) is 12.8 Å². The van der Waals surface area contributed by atoms with Gasteiger partial charge in [0.15, 0.2) is 5.65 Å². The quantitative estimate of drug-likeness (QED) is 0.646. The number of amides is 1. The van der Waals surface area contributed by atoms with Crippen LogP contribution in [0.25, 0.3) is 22.3 Å². The number of aromatic amines is 2. The number of hydrogen-bond donors (Lipinski definition) is 3. The molecule has 1 saturated carbocycles. The standard InChI is InChI=1S/C15H13N7O2/c16-5-8-3-10(4-8)19-15(24)22-7-9(6-18-22)11-1-2-17-13-12(11)20-14(23)21-13/h1-2,6-8,10H,3-4H2,(H,19,24)(H2,17,20,21,23). The smallest absolute Gasteiger partial charge is 0.333 e. The van der Waals surface area contributed by atoms with Crippen LogP contribution >= 0.6 is 0 Å². The van der Waals surface area contributed by atoms with Crippen LogP contribution in [-0.2, 0) is 0 Å². The first-order valence-corrected chi connectivity index (χ1v) is 7.46. The van der Waals surface area contributed by atoms with E-state index in [4.69, 9.17) is 5.26 Å². The summed E-state index contributed by atoms with van der Waals surface area (Å²) >= 11 is 0. The molecule has 4 rings (SSSR count). The summed E-state index contributed by atoms with van der Waals surface area (Å²) in [6.45, 7) is 0. The van der Waals surface area contributed by atoms with Gasteiger partial charge in [-0.25, -0.2) is 14.6 Å². The van der Waals surface area contributed by atoms with Crippen molar-refractivity contribution >= 4 is 17.2 Å². The van der Waals surface area contributed by atoms with Crippen LogP contribution in [0.4, 0.5) is 4.79 Å². The Labute approximate surface area is 135 Å². The van der Waals surface area contributed by atoms with Gasteiger partial charge in [0.25, 0.3) is 0 Å². The van der Waals surface area contributed by atoms with Crippen LogP contribution in [0.2, 0.25) is 0 Å². The number of H-pyrrole nitrogens is 2. The van der Waals surface area contributed by atoms with Gasteiger partial charge in [-0.3, -0.25) is 4.98 Å². The second-order valence-corrected chi connectivity index (χ2v) is 5.78. The van der Waals surface area contributed by atoms with Crippen molar-refractivity contribution in [1.29, 1.82) is 5.26 Å². The molecule has 0 aliphatic heterocycles. The topological polar surface area (TPSA) is 132 Å². The molecule has 0 aromatic carbocycles. The summed E-state index contributed by atoms with van der Waals surface area (Å²) in [6.07, 6.45) is 6.07. The van der Waals surface area contributed by atoms with Crippen molar-refractivity contribution in [3.05, 3.63) is 35.1 Å². The first-order valence-electron chi connectivity index (χ1n) is 7.46. The van der Waals surface area contributed by atoms with Crippen LogP contribution in [-0.4, -0.2) is 36.8 Å². The zero-order valence-corrected chi connectivity index (χ0v) is 12.5. The highest BCUT2D eigenvalue weighted by Crippen LogP contribution is 2.27. The molecular weight excluding hydrogens is 310 g/mol. The molecule has 0 atom stereocenters. The first kappa shape index (κ1) is 14.2. The van der Waals surface area contributed by atoms with E-state index in [2.05, 4.69) is 31.4 Å². The van der Waals surface area contributed by atoms with Crippen LogP contribution in [0.3, 0.4) is 0 Å². The summed E-state index contributed by atoms with van der Waals surface area (Å²) < 4.78 is 1.21. The number of imidazole rings is 1. The number of rotatable bonds is 2. The summed E-state index contributed by atoms with van der Waals surface area (Å²) in [5.74, 6) is 0.0269. The molecule has 3 heterocycles. The summed E-state index contributed by atoms with van der Waals surface area (Å²) in [5.41, 5.74) is 2.10. The maximum absolute atomic E-state index is 12.2. The molecule has 1 amide bonds. The molecule has 1 aliphatic rings. The van der Waals surface area contributed by atoms with Gasteiger partial charge in [-0.1, -0.05) is 0 Å². The average molecular weight is 323 g/mol. The molecule has 1 aliphatic carbocycles. The zero-order valence-electron chi connectivity index (χ0n) is 12.5. The van der Waals surface area contributed by atoms with E-state index < -0.39 is 0 Å². The van der Waals surface area contributed by atoms with Crippen LogP contribution < -0.4 is 11.0 Å². The van der Waals surface area contributed by atoms with Crippen molar-refractivity contribution in [2.24, 2.45) is 5.92 Å². The van der Waals surface area contributed by atoms with E-state index in [1.807, 2.05) is 0 Å². The third-order valence-corrected chi connectivity index (χ3v) is 4.17. The first-order chi connectivity index (χ1) is 11.6. The molecule has 24 heavy (non-hydrogen) atoms. The number of fused-ring (bicyclic) bond motifs is 1. The van der Waals surface area contributed by atoms with Crippen molar-refractivity contribution in [3.63, 3.8) is 0 Å². The predicted molar refractivity (Wildman–Crippen MR) is 84.0 cm³/mol. The lowest BCUT2D eigenvalue weighted by Crippen LogP contribution is -2.45. The Hall–Kier alpha value is -3.41. The molecule has 1 fully saturated rings. The van der Waals surface area contributed by atoms with Gasteiger partial charge < -0.3 is 10.3 Å². The molecule has 3 aromatic heterocycles. The molecule has 0 radical (unpaired) electrons. The average Bonchev–Trinajstić information content (AvgIpc) is 3.15. The van der Waals surface area contributed by atoms with E-state index >= 15 is 0 Å². The maximum Gasteiger partial charge on any atom is 0.342 e. The van der Waals surface area contributed by atoms with Crippen LogP contribution in [0, 0.1) is 17.2 Å². The van der Waals surface area contributed by atoms with Crippen molar-refractivity contribution < 1.29 is 4.79 Å². The molecule has 0 saturated heterocycles. The number of nitriles is 1. The maximum atomic E-state index is 12.2. The Morgan fingerprint density at radius 2 is 2.25 bits per heavy atom.